The Kier molecular flexibility index (Phi) is 3.57. The van der Waals surface area contributed by atoms with E-state index < -0.39 is 12.0 Å². The Morgan fingerprint density at radius 2 is 2.00 bits per heavy atom. The van der Waals surface area contributed by atoms with Crippen LogP contribution in [0.5, 0.6) is 0 Å². The summed E-state index contributed by atoms with van der Waals surface area (Å²) in [5.74, 6) is -0.927. The molecule has 2 aromatic rings. The first kappa shape index (κ1) is 12.1. The number of nitrogens with zero attached hydrogens (tertiary/aromatic N) is 1. The lowest BCUT2D eigenvalue weighted by molar-refractivity contribution is -0.138. The highest BCUT2D eigenvalue weighted by Crippen LogP contribution is 2.19. The highest BCUT2D eigenvalue weighted by molar-refractivity contribution is 5.79. The average molecular weight is 242 g/mol. The van der Waals surface area contributed by atoms with E-state index in [9.17, 15) is 9.90 Å². The van der Waals surface area contributed by atoms with E-state index in [1.807, 2.05) is 31.2 Å². The Hall–Kier alpha value is -2.36. The molecule has 0 spiro atoms. The van der Waals surface area contributed by atoms with Gasteiger partial charge in [0, 0.05) is 23.6 Å². The summed E-state index contributed by atoms with van der Waals surface area (Å²) >= 11 is 0. The SMILES string of the molecule is Cc1ccc(NC(C(=O)O)c2cccnc2)cc1. The summed E-state index contributed by atoms with van der Waals surface area (Å²) in [6.07, 6.45) is 3.17. The fourth-order valence-electron chi connectivity index (χ4n) is 1.65. The molecule has 0 aliphatic carbocycles. The summed E-state index contributed by atoms with van der Waals surface area (Å²) in [6, 6.07) is 10.3. The van der Waals surface area contributed by atoms with Crippen molar-refractivity contribution in [3.8, 4) is 0 Å². The van der Waals surface area contributed by atoms with Crippen LogP contribution in [0.1, 0.15) is 17.2 Å². The minimum atomic E-state index is -0.927. The average Bonchev–Trinajstić information content (AvgIpc) is 2.38. The Morgan fingerprint density at radius 1 is 1.28 bits per heavy atom. The van der Waals surface area contributed by atoms with E-state index in [2.05, 4.69) is 10.3 Å². The molecule has 1 aromatic carbocycles. The van der Waals surface area contributed by atoms with Gasteiger partial charge in [0.05, 0.1) is 0 Å². The van der Waals surface area contributed by atoms with Crippen molar-refractivity contribution in [3.63, 3.8) is 0 Å². The van der Waals surface area contributed by atoms with Gasteiger partial charge in [-0.25, -0.2) is 4.79 Å². The van der Waals surface area contributed by atoms with E-state index in [1.165, 1.54) is 0 Å². The Labute approximate surface area is 105 Å². The van der Waals surface area contributed by atoms with Gasteiger partial charge in [-0.2, -0.15) is 0 Å². The molecule has 1 atom stereocenters. The number of hydrogen-bond donors (Lipinski definition) is 2. The molecule has 1 heterocycles. The molecule has 2 N–H and O–H groups in total. The van der Waals surface area contributed by atoms with Crippen molar-refractivity contribution in [1.82, 2.24) is 4.98 Å². The lowest BCUT2D eigenvalue weighted by atomic mass is 10.1. The number of carboxylic acid groups (broad SMARTS) is 1. The number of nitrogens with one attached hydrogen (secondary N) is 1. The standard InChI is InChI=1S/C14H14N2O2/c1-10-4-6-12(7-5-10)16-13(14(17)18)11-3-2-8-15-9-11/h2-9,13,16H,1H3,(H,17,18). The summed E-state index contributed by atoms with van der Waals surface area (Å²) in [5.41, 5.74) is 2.54. The first-order valence-electron chi connectivity index (χ1n) is 5.63. The van der Waals surface area contributed by atoms with Crippen molar-refractivity contribution >= 4 is 11.7 Å². The molecule has 0 amide bonds. The van der Waals surface area contributed by atoms with Crippen LogP contribution in [0.15, 0.2) is 48.8 Å². The summed E-state index contributed by atoms with van der Waals surface area (Å²) in [6.45, 7) is 1.99. The molecular weight excluding hydrogens is 228 g/mol. The van der Waals surface area contributed by atoms with Crippen LogP contribution in [0.4, 0.5) is 5.69 Å². The lowest BCUT2D eigenvalue weighted by Gasteiger charge is -2.15. The number of aromatic nitrogens is 1. The number of pyridine rings is 1. The number of rotatable bonds is 4. The monoisotopic (exact) mass is 242 g/mol. The second kappa shape index (κ2) is 5.31. The predicted octanol–water partition coefficient (Wildman–Crippen LogP) is 2.63. The molecule has 92 valence electrons. The van der Waals surface area contributed by atoms with Gasteiger partial charge in [0.1, 0.15) is 0 Å². The Morgan fingerprint density at radius 3 is 2.56 bits per heavy atom. The Balaban J connectivity index is 2.22. The number of carboxylic acids is 1. The number of anilines is 1. The third-order valence-electron chi connectivity index (χ3n) is 2.63. The third-order valence-corrected chi connectivity index (χ3v) is 2.63. The van der Waals surface area contributed by atoms with Crippen molar-refractivity contribution in [1.29, 1.82) is 0 Å². The number of benzene rings is 1. The van der Waals surface area contributed by atoms with E-state index >= 15 is 0 Å². The second-order valence-corrected chi connectivity index (χ2v) is 4.07. The highest BCUT2D eigenvalue weighted by atomic mass is 16.4. The van der Waals surface area contributed by atoms with Crippen molar-refractivity contribution in [2.45, 2.75) is 13.0 Å². The molecule has 1 aromatic heterocycles. The summed E-state index contributed by atoms with van der Waals surface area (Å²) in [5, 5.41) is 12.2. The number of aliphatic carboxylic acids is 1. The molecule has 1 unspecified atom stereocenters. The minimum Gasteiger partial charge on any atom is -0.479 e. The molecule has 0 radical (unpaired) electrons. The smallest absolute Gasteiger partial charge is 0.330 e. The number of carbonyl (C=O) groups is 1. The van der Waals surface area contributed by atoms with Crippen LogP contribution in [0, 0.1) is 6.92 Å². The normalized spacial score (nSPS) is 11.8. The van der Waals surface area contributed by atoms with E-state index in [0.29, 0.717) is 5.56 Å². The lowest BCUT2D eigenvalue weighted by Crippen LogP contribution is -2.20. The van der Waals surface area contributed by atoms with Crippen LogP contribution >= 0.6 is 0 Å². The van der Waals surface area contributed by atoms with Gasteiger partial charge in [0.2, 0.25) is 0 Å². The first-order valence-corrected chi connectivity index (χ1v) is 5.63. The number of aryl methyl sites for hydroxylation is 1. The van der Waals surface area contributed by atoms with Crippen LogP contribution in [0.2, 0.25) is 0 Å². The molecule has 0 aliphatic heterocycles. The van der Waals surface area contributed by atoms with E-state index in [1.54, 1.807) is 24.5 Å². The maximum atomic E-state index is 11.3. The molecule has 0 bridgehead atoms. The predicted molar refractivity (Wildman–Crippen MR) is 69.4 cm³/mol. The topological polar surface area (TPSA) is 62.2 Å². The molecule has 2 rings (SSSR count). The molecule has 18 heavy (non-hydrogen) atoms. The summed E-state index contributed by atoms with van der Waals surface area (Å²) < 4.78 is 0. The zero-order valence-corrected chi connectivity index (χ0v) is 10.00. The largest absolute Gasteiger partial charge is 0.479 e. The summed E-state index contributed by atoms with van der Waals surface area (Å²) in [7, 11) is 0. The van der Waals surface area contributed by atoms with Gasteiger partial charge in [-0.3, -0.25) is 4.98 Å². The van der Waals surface area contributed by atoms with Crippen LogP contribution < -0.4 is 5.32 Å². The zero-order valence-electron chi connectivity index (χ0n) is 10.00. The van der Waals surface area contributed by atoms with Crippen molar-refractivity contribution in [2.75, 3.05) is 5.32 Å². The van der Waals surface area contributed by atoms with E-state index in [-0.39, 0.29) is 0 Å². The van der Waals surface area contributed by atoms with Gasteiger partial charge in [0.15, 0.2) is 6.04 Å². The fourth-order valence-corrected chi connectivity index (χ4v) is 1.65. The van der Waals surface area contributed by atoms with Crippen LogP contribution in [-0.4, -0.2) is 16.1 Å². The molecule has 0 aliphatic rings. The van der Waals surface area contributed by atoms with Gasteiger partial charge < -0.3 is 10.4 Å². The quantitative estimate of drug-likeness (QED) is 0.865. The van der Waals surface area contributed by atoms with Crippen LogP contribution in [-0.2, 0) is 4.79 Å². The molecule has 0 saturated heterocycles. The first-order chi connectivity index (χ1) is 8.66. The van der Waals surface area contributed by atoms with Gasteiger partial charge in [-0.15, -0.1) is 0 Å². The van der Waals surface area contributed by atoms with Gasteiger partial charge in [-0.05, 0) is 25.1 Å². The fraction of sp³-hybridized carbons (Fsp3) is 0.143. The van der Waals surface area contributed by atoms with Crippen molar-refractivity contribution < 1.29 is 9.90 Å². The second-order valence-electron chi connectivity index (χ2n) is 4.07. The molecule has 0 saturated carbocycles. The molecular formula is C14H14N2O2. The van der Waals surface area contributed by atoms with Gasteiger partial charge in [0.25, 0.3) is 0 Å². The van der Waals surface area contributed by atoms with Crippen molar-refractivity contribution in [3.05, 3.63) is 59.9 Å². The van der Waals surface area contributed by atoms with Gasteiger partial charge in [-0.1, -0.05) is 23.8 Å². The molecule has 0 fully saturated rings. The molecule has 4 nitrogen and oxygen atoms in total. The summed E-state index contributed by atoms with van der Waals surface area (Å²) in [4.78, 5) is 15.2. The van der Waals surface area contributed by atoms with Gasteiger partial charge >= 0.3 is 5.97 Å². The van der Waals surface area contributed by atoms with Crippen LogP contribution in [0.3, 0.4) is 0 Å². The van der Waals surface area contributed by atoms with E-state index in [0.717, 1.165) is 11.3 Å². The van der Waals surface area contributed by atoms with E-state index in [4.69, 9.17) is 0 Å². The Bertz CT molecular complexity index is 523. The maximum Gasteiger partial charge on any atom is 0.330 e. The highest BCUT2D eigenvalue weighted by Gasteiger charge is 2.19. The minimum absolute atomic E-state index is 0.630. The zero-order chi connectivity index (χ0) is 13.0. The third kappa shape index (κ3) is 2.85. The molecule has 4 heteroatoms. The maximum absolute atomic E-state index is 11.3. The van der Waals surface area contributed by atoms with Crippen LogP contribution in [0.25, 0.3) is 0 Å². The van der Waals surface area contributed by atoms with Crippen molar-refractivity contribution in [2.24, 2.45) is 0 Å². The number of hydrogen-bond acceptors (Lipinski definition) is 3.